The van der Waals surface area contributed by atoms with Crippen molar-refractivity contribution in [1.82, 2.24) is 4.90 Å². The highest BCUT2D eigenvalue weighted by molar-refractivity contribution is 5.76. The summed E-state index contributed by atoms with van der Waals surface area (Å²) >= 11 is 0. The average molecular weight is 267 g/mol. The van der Waals surface area contributed by atoms with Crippen molar-refractivity contribution in [3.8, 4) is 0 Å². The monoisotopic (exact) mass is 267 g/mol. The molecule has 0 spiro atoms. The van der Waals surface area contributed by atoms with Crippen LogP contribution in [-0.2, 0) is 9.53 Å². The Morgan fingerprint density at radius 2 is 1.47 bits per heavy atom. The Bertz CT molecular complexity index is 292. The van der Waals surface area contributed by atoms with E-state index in [1.54, 1.807) is 0 Å². The molecule has 2 fully saturated rings. The molecule has 1 unspecified atom stereocenters. The Hall–Kier alpha value is -0.570. The van der Waals surface area contributed by atoms with Gasteiger partial charge in [-0.1, -0.05) is 26.7 Å². The number of nitrogens with zero attached hydrogens (tertiary/aromatic N) is 1. The fourth-order valence-corrected chi connectivity index (χ4v) is 3.16. The third-order valence-electron chi connectivity index (χ3n) is 4.54. The van der Waals surface area contributed by atoms with E-state index in [9.17, 15) is 4.79 Å². The molecule has 0 aliphatic heterocycles. The third kappa shape index (κ3) is 3.31. The van der Waals surface area contributed by atoms with Crippen LogP contribution in [0.5, 0.6) is 0 Å². The fraction of sp³-hybridized carbons (Fsp3) is 0.938. The molecule has 0 radical (unpaired) electrons. The third-order valence-corrected chi connectivity index (χ3v) is 4.54. The molecule has 0 aromatic heterocycles. The highest BCUT2D eigenvalue weighted by atomic mass is 16.5. The summed E-state index contributed by atoms with van der Waals surface area (Å²) in [6, 6.07) is 1.20. The van der Waals surface area contributed by atoms with Gasteiger partial charge in [0.25, 0.3) is 0 Å². The Balaban J connectivity index is 2.10. The summed E-state index contributed by atoms with van der Waals surface area (Å²) in [5.41, 5.74) is 0. The van der Waals surface area contributed by atoms with E-state index >= 15 is 0 Å². The van der Waals surface area contributed by atoms with Crippen LogP contribution in [-0.4, -0.2) is 35.1 Å². The van der Waals surface area contributed by atoms with Crippen LogP contribution in [0.2, 0.25) is 0 Å². The lowest BCUT2D eigenvalue weighted by molar-refractivity contribution is -0.161. The van der Waals surface area contributed by atoms with Gasteiger partial charge >= 0.3 is 5.97 Å². The van der Waals surface area contributed by atoms with Crippen molar-refractivity contribution in [2.75, 3.05) is 0 Å². The number of carbonyl (C=O) groups excluding carboxylic acids is 1. The van der Waals surface area contributed by atoms with E-state index in [1.165, 1.54) is 38.5 Å². The standard InChI is InChI=1S/C16H29NO2/c1-11(2)15(16(18)19-12(3)4)17(13-7-5-8-13)14-9-6-10-14/h11-15H,5-10H2,1-4H3. The number of rotatable bonds is 6. The molecule has 3 heteroatoms. The number of esters is 1. The van der Waals surface area contributed by atoms with Crippen LogP contribution < -0.4 is 0 Å². The molecule has 2 aliphatic carbocycles. The predicted octanol–water partition coefficient (Wildman–Crippen LogP) is 3.37. The summed E-state index contributed by atoms with van der Waals surface area (Å²) in [7, 11) is 0. The van der Waals surface area contributed by atoms with Crippen LogP contribution in [0.1, 0.15) is 66.2 Å². The van der Waals surface area contributed by atoms with Crippen LogP contribution in [0, 0.1) is 5.92 Å². The summed E-state index contributed by atoms with van der Waals surface area (Å²) < 4.78 is 5.51. The Labute approximate surface area is 117 Å². The Morgan fingerprint density at radius 1 is 1.00 bits per heavy atom. The maximum atomic E-state index is 12.5. The van der Waals surface area contributed by atoms with Gasteiger partial charge in [-0.05, 0) is 45.4 Å². The van der Waals surface area contributed by atoms with E-state index < -0.39 is 0 Å². The van der Waals surface area contributed by atoms with Gasteiger partial charge in [-0.2, -0.15) is 0 Å². The molecule has 1 atom stereocenters. The van der Waals surface area contributed by atoms with Crippen molar-refractivity contribution in [1.29, 1.82) is 0 Å². The minimum absolute atomic E-state index is 0.0104. The second kappa shape index (κ2) is 6.25. The summed E-state index contributed by atoms with van der Waals surface area (Å²) in [5, 5.41) is 0. The molecule has 2 saturated carbocycles. The smallest absolute Gasteiger partial charge is 0.323 e. The molecular weight excluding hydrogens is 238 g/mol. The zero-order valence-corrected chi connectivity index (χ0v) is 12.9. The van der Waals surface area contributed by atoms with Crippen LogP contribution in [0.15, 0.2) is 0 Å². The molecule has 2 rings (SSSR count). The van der Waals surface area contributed by atoms with Gasteiger partial charge in [-0.25, -0.2) is 0 Å². The van der Waals surface area contributed by atoms with Crippen LogP contribution in [0.3, 0.4) is 0 Å². The van der Waals surface area contributed by atoms with E-state index in [0.717, 1.165) is 0 Å². The van der Waals surface area contributed by atoms with E-state index in [-0.39, 0.29) is 18.1 Å². The van der Waals surface area contributed by atoms with Gasteiger partial charge in [0.15, 0.2) is 0 Å². The minimum atomic E-state index is -0.0435. The highest BCUT2D eigenvalue weighted by Gasteiger charge is 2.42. The Morgan fingerprint density at radius 3 is 1.74 bits per heavy atom. The molecule has 110 valence electrons. The zero-order chi connectivity index (χ0) is 14.0. The quantitative estimate of drug-likeness (QED) is 0.691. The summed E-state index contributed by atoms with van der Waals surface area (Å²) in [5.74, 6) is 0.316. The van der Waals surface area contributed by atoms with Gasteiger partial charge < -0.3 is 4.74 Å². The normalized spacial score (nSPS) is 22.5. The minimum Gasteiger partial charge on any atom is -0.462 e. The number of ether oxygens (including phenoxy) is 1. The summed E-state index contributed by atoms with van der Waals surface area (Å²) in [4.78, 5) is 15.0. The zero-order valence-electron chi connectivity index (χ0n) is 12.9. The Kier molecular flexibility index (Phi) is 4.88. The van der Waals surface area contributed by atoms with Gasteiger partial charge in [0.2, 0.25) is 0 Å². The maximum absolute atomic E-state index is 12.5. The molecule has 0 aromatic rings. The van der Waals surface area contributed by atoms with Gasteiger partial charge in [-0.3, -0.25) is 9.69 Å². The van der Waals surface area contributed by atoms with Crippen molar-refractivity contribution in [3.05, 3.63) is 0 Å². The van der Waals surface area contributed by atoms with Gasteiger partial charge in [-0.15, -0.1) is 0 Å². The second-order valence-corrected chi connectivity index (χ2v) is 6.79. The summed E-state index contributed by atoms with van der Waals surface area (Å²) in [6.45, 7) is 8.17. The van der Waals surface area contributed by atoms with E-state index in [0.29, 0.717) is 18.0 Å². The fourth-order valence-electron chi connectivity index (χ4n) is 3.16. The van der Waals surface area contributed by atoms with E-state index in [1.807, 2.05) is 13.8 Å². The lowest BCUT2D eigenvalue weighted by Crippen LogP contribution is -2.59. The van der Waals surface area contributed by atoms with E-state index in [4.69, 9.17) is 4.74 Å². The molecule has 0 amide bonds. The predicted molar refractivity (Wildman–Crippen MR) is 77.0 cm³/mol. The number of hydrogen-bond donors (Lipinski definition) is 0. The lowest BCUT2D eigenvalue weighted by Gasteiger charge is -2.50. The summed E-state index contributed by atoms with van der Waals surface area (Å²) in [6.07, 6.45) is 7.65. The van der Waals surface area contributed by atoms with E-state index in [2.05, 4.69) is 18.7 Å². The van der Waals surface area contributed by atoms with Crippen LogP contribution in [0.25, 0.3) is 0 Å². The lowest BCUT2D eigenvalue weighted by atomic mass is 9.81. The van der Waals surface area contributed by atoms with Crippen molar-refractivity contribution >= 4 is 5.97 Å². The molecule has 0 saturated heterocycles. The van der Waals surface area contributed by atoms with Gasteiger partial charge in [0.05, 0.1) is 6.10 Å². The van der Waals surface area contributed by atoms with Crippen LogP contribution in [0.4, 0.5) is 0 Å². The van der Waals surface area contributed by atoms with Gasteiger partial charge in [0, 0.05) is 12.1 Å². The first-order valence-corrected chi connectivity index (χ1v) is 7.98. The van der Waals surface area contributed by atoms with Crippen molar-refractivity contribution in [3.63, 3.8) is 0 Å². The average Bonchev–Trinajstić information content (AvgIpc) is 2.09. The van der Waals surface area contributed by atoms with Crippen molar-refractivity contribution in [2.24, 2.45) is 5.92 Å². The highest BCUT2D eigenvalue weighted by Crippen LogP contribution is 2.37. The molecule has 0 heterocycles. The second-order valence-electron chi connectivity index (χ2n) is 6.79. The van der Waals surface area contributed by atoms with Crippen molar-refractivity contribution in [2.45, 2.75) is 90.4 Å². The molecule has 19 heavy (non-hydrogen) atoms. The number of carbonyl (C=O) groups is 1. The molecule has 0 aromatic carbocycles. The molecular formula is C16H29NO2. The first-order valence-electron chi connectivity index (χ1n) is 7.98. The molecule has 0 N–H and O–H groups in total. The number of hydrogen-bond acceptors (Lipinski definition) is 3. The van der Waals surface area contributed by atoms with Crippen LogP contribution >= 0.6 is 0 Å². The molecule has 2 aliphatic rings. The first kappa shape index (κ1) is 14.8. The first-order chi connectivity index (χ1) is 9.00. The topological polar surface area (TPSA) is 29.5 Å². The van der Waals surface area contributed by atoms with Crippen molar-refractivity contribution < 1.29 is 9.53 Å². The van der Waals surface area contributed by atoms with Gasteiger partial charge in [0.1, 0.15) is 6.04 Å². The SMILES string of the molecule is CC(C)OC(=O)C(C(C)C)N(C1CCC1)C1CCC1. The molecule has 0 bridgehead atoms. The maximum Gasteiger partial charge on any atom is 0.323 e. The largest absolute Gasteiger partial charge is 0.462 e. The molecule has 3 nitrogen and oxygen atoms in total.